The van der Waals surface area contributed by atoms with Gasteiger partial charge in [-0.3, -0.25) is 4.79 Å². The monoisotopic (exact) mass is 360 g/mol. The Morgan fingerprint density at radius 2 is 2.00 bits per heavy atom. The van der Waals surface area contributed by atoms with Crippen LogP contribution in [0.25, 0.3) is 0 Å². The van der Waals surface area contributed by atoms with E-state index in [1.54, 1.807) is 12.1 Å². The Bertz CT molecular complexity index is 841. The van der Waals surface area contributed by atoms with Gasteiger partial charge < -0.3 is 31.0 Å². The average molecular weight is 360 g/mol. The molecule has 1 amide bonds. The number of hydrogen-bond donors (Lipinski definition) is 3. The van der Waals surface area contributed by atoms with Crippen molar-refractivity contribution in [3.05, 3.63) is 33.8 Å². The minimum Gasteiger partial charge on any atom is -0.382 e. The molecule has 4 N–H and O–H groups in total. The normalized spacial score (nSPS) is 15.1. The molecule has 138 valence electrons. The van der Waals surface area contributed by atoms with Gasteiger partial charge in [-0.25, -0.2) is 15.0 Å². The van der Waals surface area contributed by atoms with E-state index < -0.39 is 10.8 Å². The predicted molar refractivity (Wildman–Crippen MR) is 96.3 cm³/mol. The van der Waals surface area contributed by atoms with Crippen LogP contribution in [-0.2, 0) is 0 Å². The number of nitrogens with one attached hydrogen (secondary N) is 2. The van der Waals surface area contributed by atoms with Crippen molar-refractivity contribution in [2.45, 2.75) is 6.92 Å². The molecule has 3 heterocycles. The molecule has 2 aromatic rings. The zero-order chi connectivity index (χ0) is 18.8. The summed E-state index contributed by atoms with van der Waals surface area (Å²) < 4.78 is 0. The van der Waals surface area contributed by atoms with Crippen LogP contribution in [0.3, 0.4) is 0 Å². The summed E-state index contributed by atoms with van der Waals surface area (Å²) >= 11 is 0. The second-order valence-electron chi connectivity index (χ2n) is 6.12. The van der Waals surface area contributed by atoms with Crippen LogP contribution in [0.15, 0.2) is 12.1 Å². The summed E-state index contributed by atoms with van der Waals surface area (Å²) in [4.78, 5) is 37.4. The maximum atomic E-state index is 12.3. The lowest BCUT2D eigenvalue weighted by atomic mass is 10.3. The molecule has 0 spiro atoms. The van der Waals surface area contributed by atoms with E-state index >= 15 is 0 Å². The minimum atomic E-state index is -0.625. The molecule has 0 unspecified atom stereocenters. The molecular weight excluding hydrogens is 340 g/mol. The molecule has 11 nitrogen and oxygen atoms in total. The SMILES string of the molecule is Cc1nc(C(=O)Nc2ccc(N3CCN(C)CC3)nc2N)[nH]c1[N+](=O)[O-]. The summed E-state index contributed by atoms with van der Waals surface area (Å²) in [6, 6.07) is 3.45. The van der Waals surface area contributed by atoms with E-state index in [2.05, 4.69) is 37.1 Å². The van der Waals surface area contributed by atoms with Crippen molar-refractivity contribution >= 4 is 29.0 Å². The Morgan fingerprint density at radius 3 is 2.58 bits per heavy atom. The first-order valence-electron chi connectivity index (χ1n) is 8.07. The largest absolute Gasteiger partial charge is 0.382 e. The van der Waals surface area contributed by atoms with E-state index in [0.717, 1.165) is 32.0 Å². The first-order valence-corrected chi connectivity index (χ1v) is 8.07. The number of anilines is 3. The third-order valence-corrected chi connectivity index (χ3v) is 4.24. The number of rotatable bonds is 4. The highest BCUT2D eigenvalue weighted by Crippen LogP contribution is 2.23. The van der Waals surface area contributed by atoms with Crippen LogP contribution in [0.5, 0.6) is 0 Å². The zero-order valence-electron chi connectivity index (χ0n) is 14.5. The van der Waals surface area contributed by atoms with Gasteiger partial charge in [0.25, 0.3) is 5.82 Å². The summed E-state index contributed by atoms with van der Waals surface area (Å²) in [5.41, 5.74) is 6.42. The molecule has 0 bridgehead atoms. The number of pyridine rings is 1. The fourth-order valence-electron chi connectivity index (χ4n) is 2.70. The zero-order valence-corrected chi connectivity index (χ0v) is 14.5. The summed E-state index contributed by atoms with van der Waals surface area (Å²) in [5.74, 6) is -0.170. The van der Waals surface area contributed by atoms with E-state index in [0.29, 0.717) is 5.69 Å². The average Bonchev–Trinajstić information content (AvgIpc) is 2.99. The molecule has 2 aromatic heterocycles. The van der Waals surface area contributed by atoms with Crippen LogP contribution in [0.1, 0.15) is 16.3 Å². The van der Waals surface area contributed by atoms with Crippen molar-refractivity contribution in [3.63, 3.8) is 0 Å². The number of amides is 1. The van der Waals surface area contributed by atoms with Crippen LogP contribution < -0.4 is 16.0 Å². The number of nitrogens with two attached hydrogens (primary N) is 1. The quantitative estimate of drug-likeness (QED) is 0.531. The molecule has 1 aliphatic rings. The van der Waals surface area contributed by atoms with Gasteiger partial charge in [0.15, 0.2) is 0 Å². The number of nitro groups is 1. The standard InChI is InChI=1S/C15H20N8O3/c1-9-14(23(25)26)20-13(17-9)15(24)18-10-3-4-11(19-12(10)16)22-7-5-21(2)6-8-22/h3-4H,5-8H2,1-2H3,(H2,16,19)(H,17,20)(H,18,24). The molecule has 0 aliphatic carbocycles. The molecule has 1 aliphatic heterocycles. The lowest BCUT2D eigenvalue weighted by Gasteiger charge is -2.33. The Morgan fingerprint density at radius 1 is 1.31 bits per heavy atom. The van der Waals surface area contributed by atoms with Crippen molar-refractivity contribution in [1.29, 1.82) is 0 Å². The van der Waals surface area contributed by atoms with Crippen LogP contribution in [0.4, 0.5) is 23.1 Å². The Hall–Kier alpha value is -3.21. The number of aryl methyl sites for hydroxylation is 1. The van der Waals surface area contributed by atoms with Gasteiger partial charge in [0.05, 0.1) is 5.69 Å². The maximum absolute atomic E-state index is 12.3. The lowest BCUT2D eigenvalue weighted by molar-refractivity contribution is -0.389. The number of hydrogen-bond acceptors (Lipinski definition) is 8. The van der Waals surface area contributed by atoms with Crippen molar-refractivity contribution in [1.82, 2.24) is 19.9 Å². The van der Waals surface area contributed by atoms with E-state index in [9.17, 15) is 14.9 Å². The van der Waals surface area contributed by atoms with Crippen LogP contribution >= 0.6 is 0 Å². The van der Waals surface area contributed by atoms with E-state index in [1.165, 1.54) is 6.92 Å². The number of aromatic nitrogens is 3. The van der Waals surface area contributed by atoms with Crippen molar-refractivity contribution in [2.75, 3.05) is 49.2 Å². The molecule has 1 fully saturated rings. The van der Waals surface area contributed by atoms with E-state index in [-0.39, 0.29) is 23.2 Å². The third-order valence-electron chi connectivity index (χ3n) is 4.24. The smallest absolute Gasteiger partial charge is 0.344 e. The molecular formula is C15H20N8O3. The highest BCUT2D eigenvalue weighted by Gasteiger charge is 2.23. The Kier molecular flexibility index (Phi) is 4.71. The number of nitrogens with zero attached hydrogens (tertiary/aromatic N) is 5. The second-order valence-corrected chi connectivity index (χ2v) is 6.12. The van der Waals surface area contributed by atoms with Crippen LogP contribution in [0.2, 0.25) is 0 Å². The van der Waals surface area contributed by atoms with Gasteiger partial charge >= 0.3 is 11.7 Å². The second kappa shape index (κ2) is 6.96. The number of piperazine rings is 1. The number of carbonyl (C=O) groups excluding carboxylic acids is 1. The van der Waals surface area contributed by atoms with Gasteiger partial charge in [0, 0.05) is 26.2 Å². The first kappa shape index (κ1) is 17.6. The summed E-state index contributed by atoms with van der Waals surface area (Å²) in [6.45, 7) is 5.04. The fourth-order valence-corrected chi connectivity index (χ4v) is 2.70. The fraction of sp³-hybridized carbons (Fsp3) is 0.400. The number of aromatic amines is 1. The van der Waals surface area contributed by atoms with Gasteiger partial charge in [-0.1, -0.05) is 0 Å². The Balaban J connectivity index is 1.73. The van der Waals surface area contributed by atoms with Gasteiger partial charge in [-0.05, 0) is 31.0 Å². The number of nitrogen functional groups attached to an aromatic ring is 1. The molecule has 26 heavy (non-hydrogen) atoms. The van der Waals surface area contributed by atoms with E-state index in [1.807, 2.05) is 0 Å². The first-order chi connectivity index (χ1) is 12.3. The number of H-pyrrole nitrogens is 1. The highest BCUT2D eigenvalue weighted by atomic mass is 16.6. The van der Waals surface area contributed by atoms with Gasteiger partial charge in [0.1, 0.15) is 17.3 Å². The molecule has 3 rings (SSSR count). The van der Waals surface area contributed by atoms with Crippen molar-refractivity contribution < 1.29 is 9.72 Å². The molecule has 1 saturated heterocycles. The Labute approximate surface area is 149 Å². The van der Waals surface area contributed by atoms with Crippen LogP contribution in [0, 0.1) is 17.0 Å². The van der Waals surface area contributed by atoms with Gasteiger partial charge in [-0.15, -0.1) is 0 Å². The molecule has 11 heteroatoms. The van der Waals surface area contributed by atoms with Gasteiger partial charge in [0.2, 0.25) is 0 Å². The van der Waals surface area contributed by atoms with Crippen LogP contribution in [-0.4, -0.2) is 63.9 Å². The highest BCUT2D eigenvalue weighted by molar-refractivity contribution is 6.03. The van der Waals surface area contributed by atoms with E-state index in [4.69, 9.17) is 5.73 Å². The molecule has 0 aromatic carbocycles. The number of carbonyl (C=O) groups is 1. The number of likely N-dealkylation sites (N-methyl/N-ethyl adjacent to an activating group) is 1. The molecule has 0 radical (unpaired) electrons. The lowest BCUT2D eigenvalue weighted by Crippen LogP contribution is -2.44. The summed E-state index contributed by atoms with van der Waals surface area (Å²) in [5, 5.41) is 13.4. The third kappa shape index (κ3) is 3.57. The molecule has 0 saturated carbocycles. The van der Waals surface area contributed by atoms with Crippen molar-refractivity contribution in [3.8, 4) is 0 Å². The van der Waals surface area contributed by atoms with Gasteiger partial charge in [-0.2, -0.15) is 0 Å². The topological polar surface area (TPSA) is 146 Å². The minimum absolute atomic E-state index is 0.136. The molecule has 0 atom stereocenters. The summed E-state index contributed by atoms with van der Waals surface area (Å²) in [6.07, 6.45) is 0. The van der Waals surface area contributed by atoms with Crippen molar-refractivity contribution in [2.24, 2.45) is 0 Å². The maximum Gasteiger partial charge on any atom is 0.344 e. The predicted octanol–water partition coefficient (Wildman–Crippen LogP) is 0.608. The number of imidazole rings is 1. The summed E-state index contributed by atoms with van der Waals surface area (Å²) in [7, 11) is 2.07.